The SMILES string of the molecule is CC(C)Oc1ccc(NCc2ccc(C#N)s2)cc1. The third-order valence-corrected chi connectivity index (χ3v) is 3.45. The van der Waals surface area contributed by atoms with Crippen molar-refractivity contribution in [1.82, 2.24) is 0 Å². The minimum absolute atomic E-state index is 0.189. The molecule has 4 heteroatoms. The van der Waals surface area contributed by atoms with Crippen LogP contribution in [0.4, 0.5) is 5.69 Å². The van der Waals surface area contributed by atoms with Gasteiger partial charge < -0.3 is 10.1 Å². The highest BCUT2D eigenvalue weighted by Gasteiger charge is 2.00. The van der Waals surface area contributed by atoms with Crippen molar-refractivity contribution in [2.75, 3.05) is 5.32 Å². The van der Waals surface area contributed by atoms with E-state index in [-0.39, 0.29) is 6.10 Å². The van der Waals surface area contributed by atoms with Gasteiger partial charge in [0.15, 0.2) is 0 Å². The van der Waals surface area contributed by atoms with E-state index < -0.39 is 0 Å². The fourth-order valence-electron chi connectivity index (χ4n) is 1.65. The van der Waals surface area contributed by atoms with E-state index >= 15 is 0 Å². The highest BCUT2D eigenvalue weighted by molar-refractivity contribution is 7.12. The van der Waals surface area contributed by atoms with Crippen LogP contribution in [0, 0.1) is 11.3 Å². The quantitative estimate of drug-likeness (QED) is 0.894. The molecule has 3 nitrogen and oxygen atoms in total. The van der Waals surface area contributed by atoms with E-state index in [4.69, 9.17) is 10.00 Å². The van der Waals surface area contributed by atoms with Gasteiger partial charge in [-0.15, -0.1) is 11.3 Å². The first kappa shape index (κ1) is 13.4. The molecule has 98 valence electrons. The fraction of sp³-hybridized carbons (Fsp3) is 0.267. The fourth-order valence-corrected chi connectivity index (χ4v) is 2.39. The minimum Gasteiger partial charge on any atom is -0.491 e. The van der Waals surface area contributed by atoms with Gasteiger partial charge in [-0.2, -0.15) is 5.26 Å². The van der Waals surface area contributed by atoms with Crippen LogP contribution in [0.5, 0.6) is 5.75 Å². The van der Waals surface area contributed by atoms with Gasteiger partial charge in [-0.3, -0.25) is 0 Å². The number of hydrogen-bond donors (Lipinski definition) is 1. The zero-order valence-corrected chi connectivity index (χ0v) is 11.8. The number of benzene rings is 1. The van der Waals surface area contributed by atoms with Crippen LogP contribution in [0.2, 0.25) is 0 Å². The zero-order valence-electron chi connectivity index (χ0n) is 11.0. The molecule has 19 heavy (non-hydrogen) atoms. The molecule has 1 aromatic carbocycles. The Bertz CT molecular complexity index is 567. The lowest BCUT2D eigenvalue weighted by atomic mass is 10.3. The molecule has 0 radical (unpaired) electrons. The maximum atomic E-state index is 8.76. The predicted octanol–water partition coefficient (Wildman–Crippen LogP) is 4.02. The maximum Gasteiger partial charge on any atom is 0.119 e. The number of rotatable bonds is 5. The van der Waals surface area contributed by atoms with Gasteiger partial charge in [0.1, 0.15) is 16.7 Å². The average molecular weight is 272 g/mol. The Morgan fingerprint density at radius 1 is 1.21 bits per heavy atom. The maximum absolute atomic E-state index is 8.76. The minimum atomic E-state index is 0.189. The van der Waals surface area contributed by atoms with E-state index in [0.717, 1.165) is 27.7 Å². The first-order valence-corrected chi connectivity index (χ1v) is 6.98. The topological polar surface area (TPSA) is 45.0 Å². The molecule has 2 aromatic rings. The Morgan fingerprint density at radius 2 is 1.95 bits per heavy atom. The van der Waals surface area contributed by atoms with Gasteiger partial charge in [0.25, 0.3) is 0 Å². The van der Waals surface area contributed by atoms with Gasteiger partial charge in [0.2, 0.25) is 0 Å². The lowest BCUT2D eigenvalue weighted by Crippen LogP contribution is -2.05. The predicted molar refractivity (Wildman–Crippen MR) is 78.6 cm³/mol. The number of hydrogen-bond acceptors (Lipinski definition) is 4. The van der Waals surface area contributed by atoms with E-state index in [1.54, 1.807) is 0 Å². The van der Waals surface area contributed by atoms with Crippen molar-refractivity contribution < 1.29 is 4.74 Å². The number of thiophene rings is 1. The molecule has 2 rings (SSSR count). The number of nitrogens with zero attached hydrogens (tertiary/aromatic N) is 1. The smallest absolute Gasteiger partial charge is 0.119 e. The normalized spacial score (nSPS) is 10.2. The number of nitrogens with one attached hydrogen (secondary N) is 1. The second-order valence-corrected chi connectivity index (χ2v) is 5.59. The molecule has 0 saturated carbocycles. The first-order valence-electron chi connectivity index (χ1n) is 6.17. The van der Waals surface area contributed by atoms with Gasteiger partial charge in [0.05, 0.1) is 6.10 Å². The molecule has 0 aliphatic rings. The summed E-state index contributed by atoms with van der Waals surface area (Å²) in [5.74, 6) is 0.878. The van der Waals surface area contributed by atoms with Crippen molar-refractivity contribution in [1.29, 1.82) is 5.26 Å². The molecule has 0 bridgehead atoms. The molecular formula is C15H16N2OS. The van der Waals surface area contributed by atoms with Gasteiger partial charge in [-0.05, 0) is 50.2 Å². The summed E-state index contributed by atoms with van der Waals surface area (Å²) < 4.78 is 5.59. The van der Waals surface area contributed by atoms with Crippen LogP contribution in [0.25, 0.3) is 0 Å². The molecule has 0 fully saturated rings. The molecule has 0 saturated heterocycles. The summed E-state index contributed by atoms with van der Waals surface area (Å²) in [6.45, 7) is 4.75. The number of anilines is 1. The summed E-state index contributed by atoms with van der Waals surface area (Å²) in [6.07, 6.45) is 0.189. The summed E-state index contributed by atoms with van der Waals surface area (Å²) in [6, 6.07) is 13.9. The van der Waals surface area contributed by atoms with Crippen LogP contribution in [-0.2, 0) is 6.54 Å². The lowest BCUT2D eigenvalue weighted by molar-refractivity contribution is 0.242. The summed E-state index contributed by atoms with van der Waals surface area (Å²) in [7, 11) is 0. The van der Waals surface area contributed by atoms with Gasteiger partial charge in [-0.25, -0.2) is 0 Å². The van der Waals surface area contributed by atoms with Crippen molar-refractivity contribution in [2.45, 2.75) is 26.5 Å². The molecule has 0 atom stereocenters. The molecule has 0 amide bonds. The largest absolute Gasteiger partial charge is 0.491 e. The van der Waals surface area contributed by atoms with Crippen molar-refractivity contribution in [3.05, 3.63) is 46.2 Å². The lowest BCUT2D eigenvalue weighted by Gasteiger charge is -2.10. The summed E-state index contributed by atoms with van der Waals surface area (Å²) >= 11 is 1.52. The zero-order chi connectivity index (χ0) is 13.7. The van der Waals surface area contributed by atoms with E-state index in [9.17, 15) is 0 Å². The highest BCUT2D eigenvalue weighted by atomic mass is 32.1. The van der Waals surface area contributed by atoms with Crippen molar-refractivity contribution >= 4 is 17.0 Å². The first-order chi connectivity index (χ1) is 9.17. The highest BCUT2D eigenvalue weighted by Crippen LogP contribution is 2.20. The second-order valence-electron chi connectivity index (χ2n) is 4.42. The molecule has 0 unspecified atom stereocenters. The summed E-state index contributed by atoms with van der Waals surface area (Å²) in [5, 5.41) is 12.1. The monoisotopic (exact) mass is 272 g/mol. The summed E-state index contributed by atoms with van der Waals surface area (Å²) in [4.78, 5) is 1.90. The van der Waals surface area contributed by atoms with Crippen LogP contribution >= 0.6 is 11.3 Å². The van der Waals surface area contributed by atoms with Crippen molar-refractivity contribution in [3.63, 3.8) is 0 Å². The van der Waals surface area contributed by atoms with Crippen molar-refractivity contribution in [3.8, 4) is 11.8 Å². The number of nitriles is 1. The van der Waals surface area contributed by atoms with E-state index in [1.165, 1.54) is 11.3 Å². The Balaban J connectivity index is 1.91. The van der Waals surface area contributed by atoms with E-state index in [0.29, 0.717) is 0 Å². The molecule has 1 aromatic heterocycles. The van der Waals surface area contributed by atoms with E-state index in [2.05, 4.69) is 11.4 Å². The number of ether oxygens (including phenoxy) is 1. The third kappa shape index (κ3) is 4.01. The summed E-state index contributed by atoms with van der Waals surface area (Å²) in [5.41, 5.74) is 1.04. The molecule has 1 N–H and O–H groups in total. The molecular weight excluding hydrogens is 256 g/mol. The third-order valence-electron chi connectivity index (χ3n) is 2.46. The Morgan fingerprint density at radius 3 is 2.53 bits per heavy atom. The second kappa shape index (κ2) is 6.26. The van der Waals surface area contributed by atoms with Crippen molar-refractivity contribution in [2.24, 2.45) is 0 Å². The molecule has 0 spiro atoms. The van der Waals surface area contributed by atoms with Crippen LogP contribution in [-0.4, -0.2) is 6.10 Å². The van der Waals surface area contributed by atoms with Crippen LogP contribution in [0.1, 0.15) is 23.6 Å². The van der Waals surface area contributed by atoms with Gasteiger partial charge in [0, 0.05) is 17.1 Å². The molecule has 1 heterocycles. The standard InChI is InChI=1S/C15H16N2OS/c1-11(2)18-13-5-3-12(4-6-13)17-10-15-8-7-14(9-16)19-15/h3-8,11,17H,10H2,1-2H3. The van der Waals surface area contributed by atoms with E-state index in [1.807, 2.05) is 50.2 Å². The molecule has 0 aliphatic heterocycles. The average Bonchev–Trinajstić information content (AvgIpc) is 2.85. The van der Waals surface area contributed by atoms with Crippen LogP contribution in [0.15, 0.2) is 36.4 Å². The van der Waals surface area contributed by atoms with Gasteiger partial charge >= 0.3 is 0 Å². The Hall–Kier alpha value is -1.99. The Labute approximate surface area is 117 Å². The van der Waals surface area contributed by atoms with Gasteiger partial charge in [-0.1, -0.05) is 0 Å². The van der Waals surface area contributed by atoms with Crippen LogP contribution in [0.3, 0.4) is 0 Å². The van der Waals surface area contributed by atoms with Crippen LogP contribution < -0.4 is 10.1 Å². The Kier molecular flexibility index (Phi) is 4.43. The molecule has 0 aliphatic carbocycles.